The second kappa shape index (κ2) is 6.76. The number of carbonyl (C=O) groups excluding carboxylic acids is 2. The number of hydrogen-bond acceptors (Lipinski definition) is 3. The Morgan fingerprint density at radius 2 is 2.14 bits per heavy atom. The van der Waals surface area contributed by atoms with Crippen molar-refractivity contribution in [1.82, 2.24) is 0 Å². The van der Waals surface area contributed by atoms with Gasteiger partial charge >= 0.3 is 0 Å². The van der Waals surface area contributed by atoms with Crippen molar-refractivity contribution in [2.24, 2.45) is 5.41 Å². The highest BCUT2D eigenvalue weighted by Crippen LogP contribution is 2.40. The van der Waals surface area contributed by atoms with E-state index in [-0.39, 0.29) is 17.3 Å². The van der Waals surface area contributed by atoms with Crippen LogP contribution in [-0.2, 0) is 9.59 Å². The number of rotatable bonds is 4. The Kier molecular flexibility index (Phi) is 4.99. The second-order valence-electron chi connectivity index (χ2n) is 5.54. The molecule has 1 amide bonds. The van der Waals surface area contributed by atoms with Gasteiger partial charge in [0.05, 0.1) is 21.7 Å². The van der Waals surface area contributed by atoms with Gasteiger partial charge in [0, 0.05) is 12.8 Å². The van der Waals surface area contributed by atoms with Crippen molar-refractivity contribution in [3.63, 3.8) is 0 Å². The molecule has 0 unspecified atom stereocenters. The minimum atomic E-state index is -0.634. The number of hydrogen-bond donors (Lipinski definition) is 1. The normalized spacial score (nSPS) is 16.6. The lowest BCUT2D eigenvalue weighted by Crippen LogP contribution is -2.39. The Balaban J connectivity index is 2.26. The Labute approximate surface area is 134 Å². The lowest BCUT2D eigenvalue weighted by atomic mass is 9.70. The van der Waals surface area contributed by atoms with Crippen molar-refractivity contribution in [2.45, 2.75) is 32.1 Å². The van der Waals surface area contributed by atoms with Gasteiger partial charge in [0.15, 0.2) is 0 Å². The van der Waals surface area contributed by atoms with E-state index in [0.29, 0.717) is 42.8 Å². The number of nitrogens with zero attached hydrogens (tertiary/aromatic N) is 1. The summed E-state index contributed by atoms with van der Waals surface area (Å²) in [4.78, 5) is 24.2. The maximum atomic E-state index is 12.7. The summed E-state index contributed by atoms with van der Waals surface area (Å²) in [5, 5.41) is 12.3. The number of nitriles is 1. The topological polar surface area (TPSA) is 70.0 Å². The lowest BCUT2D eigenvalue weighted by molar-refractivity contribution is -0.131. The number of benzene rings is 1. The molecule has 0 spiro atoms. The number of allylic oxidation sites excluding steroid dienone is 1. The molecular weight excluding hydrogens is 300 g/mol. The van der Waals surface area contributed by atoms with Crippen LogP contribution < -0.4 is 5.32 Å². The van der Waals surface area contributed by atoms with Crippen LogP contribution >= 0.6 is 11.6 Å². The predicted molar refractivity (Wildman–Crippen MR) is 85.5 cm³/mol. The quantitative estimate of drug-likeness (QED) is 0.857. The number of ketones is 1. The van der Waals surface area contributed by atoms with Crippen molar-refractivity contribution in [2.75, 3.05) is 5.32 Å². The summed E-state index contributed by atoms with van der Waals surface area (Å²) in [6.45, 7) is 3.72. The van der Waals surface area contributed by atoms with Crippen LogP contribution in [-0.4, -0.2) is 11.7 Å². The molecule has 0 atom stereocenters. The first-order valence-electron chi connectivity index (χ1n) is 7.15. The summed E-state index contributed by atoms with van der Waals surface area (Å²) in [7, 11) is 0. The Morgan fingerprint density at radius 1 is 1.45 bits per heavy atom. The van der Waals surface area contributed by atoms with Gasteiger partial charge in [-0.05, 0) is 31.4 Å². The van der Waals surface area contributed by atoms with E-state index in [9.17, 15) is 14.9 Å². The van der Waals surface area contributed by atoms with Crippen LogP contribution in [0.3, 0.4) is 0 Å². The maximum Gasteiger partial charge on any atom is 0.230 e. The third kappa shape index (κ3) is 3.20. The van der Waals surface area contributed by atoms with Gasteiger partial charge in [-0.3, -0.25) is 9.59 Å². The Bertz CT molecular complexity index is 651. The molecule has 2 rings (SSSR count). The molecule has 1 saturated carbocycles. The van der Waals surface area contributed by atoms with Crippen LogP contribution in [0.1, 0.15) is 37.7 Å². The summed E-state index contributed by atoms with van der Waals surface area (Å²) >= 11 is 5.98. The number of Topliss-reactive ketones (excluding diaryl/α,β-unsaturated/α-hetero) is 1. The summed E-state index contributed by atoms with van der Waals surface area (Å²) < 4.78 is 0. The van der Waals surface area contributed by atoms with Crippen LogP contribution in [0.2, 0.25) is 5.02 Å². The third-order valence-corrected chi connectivity index (χ3v) is 4.47. The Hall–Kier alpha value is -2.12. The first kappa shape index (κ1) is 16.3. The standard InChI is InChI=1S/C17H17ClN2O2/c1-2-8-17(9-6-12(21)7-10-17)16(22)20-15-5-3-4-14(18)13(15)11-19/h2-5H,1,6-10H2,(H,20,22). The molecule has 5 heteroatoms. The van der Waals surface area contributed by atoms with E-state index < -0.39 is 5.41 Å². The number of carbonyl (C=O) groups is 2. The van der Waals surface area contributed by atoms with E-state index in [1.807, 2.05) is 6.07 Å². The molecule has 1 aromatic carbocycles. The zero-order valence-electron chi connectivity index (χ0n) is 12.2. The highest BCUT2D eigenvalue weighted by molar-refractivity contribution is 6.32. The molecule has 4 nitrogen and oxygen atoms in total. The van der Waals surface area contributed by atoms with Crippen molar-refractivity contribution < 1.29 is 9.59 Å². The minimum Gasteiger partial charge on any atom is -0.324 e. The number of nitrogens with one attached hydrogen (secondary N) is 1. The summed E-state index contributed by atoms with van der Waals surface area (Å²) in [5.41, 5.74) is 0.0172. The molecule has 0 saturated heterocycles. The van der Waals surface area contributed by atoms with Gasteiger partial charge in [0.25, 0.3) is 0 Å². The van der Waals surface area contributed by atoms with E-state index in [2.05, 4.69) is 11.9 Å². The van der Waals surface area contributed by atoms with Gasteiger partial charge in [-0.25, -0.2) is 0 Å². The van der Waals surface area contributed by atoms with Crippen LogP contribution in [0.4, 0.5) is 5.69 Å². The van der Waals surface area contributed by atoms with Crippen LogP contribution in [0.5, 0.6) is 0 Å². The van der Waals surface area contributed by atoms with E-state index in [1.165, 1.54) is 0 Å². The second-order valence-corrected chi connectivity index (χ2v) is 5.95. The van der Waals surface area contributed by atoms with Gasteiger partial charge in [-0.2, -0.15) is 5.26 Å². The van der Waals surface area contributed by atoms with E-state index in [0.717, 1.165) is 0 Å². The third-order valence-electron chi connectivity index (χ3n) is 4.16. The molecule has 22 heavy (non-hydrogen) atoms. The molecule has 114 valence electrons. The molecule has 1 aromatic rings. The number of amides is 1. The average molecular weight is 317 g/mol. The van der Waals surface area contributed by atoms with Gasteiger partial charge < -0.3 is 5.32 Å². The largest absolute Gasteiger partial charge is 0.324 e. The highest BCUT2D eigenvalue weighted by atomic mass is 35.5. The van der Waals surface area contributed by atoms with Gasteiger partial charge in [0.1, 0.15) is 11.9 Å². The summed E-state index contributed by atoms with van der Waals surface area (Å²) in [6, 6.07) is 6.94. The molecule has 1 aliphatic carbocycles. The monoisotopic (exact) mass is 316 g/mol. The van der Waals surface area contributed by atoms with Crippen molar-refractivity contribution in [3.05, 3.63) is 41.4 Å². The van der Waals surface area contributed by atoms with Crippen molar-refractivity contribution in [3.8, 4) is 6.07 Å². The fourth-order valence-corrected chi connectivity index (χ4v) is 3.02. The summed E-state index contributed by atoms with van der Waals surface area (Å²) in [5.74, 6) is 0.00613. The van der Waals surface area contributed by atoms with E-state index in [1.54, 1.807) is 24.3 Å². The molecule has 0 aliphatic heterocycles. The summed E-state index contributed by atoms with van der Waals surface area (Å²) in [6.07, 6.45) is 4.04. The first-order chi connectivity index (χ1) is 10.5. The van der Waals surface area contributed by atoms with E-state index >= 15 is 0 Å². The fourth-order valence-electron chi connectivity index (χ4n) is 2.80. The maximum absolute atomic E-state index is 12.7. The molecule has 1 fully saturated rings. The molecule has 0 aromatic heterocycles. The molecule has 1 N–H and O–H groups in total. The van der Waals surface area contributed by atoms with Crippen molar-refractivity contribution >= 4 is 29.0 Å². The van der Waals surface area contributed by atoms with E-state index in [4.69, 9.17) is 11.6 Å². The van der Waals surface area contributed by atoms with Crippen LogP contribution in [0.25, 0.3) is 0 Å². The van der Waals surface area contributed by atoms with Gasteiger partial charge in [-0.1, -0.05) is 23.7 Å². The molecular formula is C17H17ClN2O2. The number of anilines is 1. The molecule has 0 bridgehead atoms. The van der Waals surface area contributed by atoms with Crippen LogP contribution in [0.15, 0.2) is 30.9 Å². The fraction of sp³-hybridized carbons (Fsp3) is 0.353. The molecule has 0 radical (unpaired) electrons. The average Bonchev–Trinajstić information content (AvgIpc) is 2.50. The minimum absolute atomic E-state index is 0.182. The van der Waals surface area contributed by atoms with Crippen LogP contribution in [0, 0.1) is 16.7 Å². The van der Waals surface area contributed by atoms with Gasteiger partial charge in [0.2, 0.25) is 5.91 Å². The predicted octanol–water partition coefficient (Wildman–Crippen LogP) is 3.86. The van der Waals surface area contributed by atoms with Gasteiger partial charge in [-0.15, -0.1) is 6.58 Å². The van der Waals surface area contributed by atoms with Crippen molar-refractivity contribution in [1.29, 1.82) is 5.26 Å². The molecule has 1 aliphatic rings. The highest BCUT2D eigenvalue weighted by Gasteiger charge is 2.40. The lowest BCUT2D eigenvalue weighted by Gasteiger charge is -2.34. The molecule has 0 heterocycles. The number of halogens is 1. The zero-order chi connectivity index (χ0) is 16.2. The Morgan fingerprint density at radius 3 is 2.73 bits per heavy atom. The SMILES string of the molecule is C=CCC1(C(=O)Nc2cccc(Cl)c2C#N)CCC(=O)CC1. The first-order valence-corrected chi connectivity index (χ1v) is 7.53. The smallest absolute Gasteiger partial charge is 0.230 e. The zero-order valence-corrected chi connectivity index (χ0v) is 12.9.